The summed E-state index contributed by atoms with van der Waals surface area (Å²) in [5, 5.41) is 7.59. The summed E-state index contributed by atoms with van der Waals surface area (Å²) < 4.78 is 2.51. The Labute approximate surface area is 264 Å². The van der Waals surface area contributed by atoms with Crippen LogP contribution in [0, 0.1) is 0 Å². The summed E-state index contributed by atoms with van der Waals surface area (Å²) in [7, 11) is 0. The van der Waals surface area contributed by atoms with Gasteiger partial charge in [0.2, 0.25) is 0 Å². The zero-order valence-electron chi connectivity index (χ0n) is 24.2. The van der Waals surface area contributed by atoms with Crippen molar-refractivity contribution in [2.45, 2.75) is 0 Å². The maximum absolute atomic E-state index is 5.01. The minimum absolute atomic E-state index is 0.659. The second-order valence-electron chi connectivity index (χ2n) is 11.3. The van der Waals surface area contributed by atoms with Crippen molar-refractivity contribution in [1.82, 2.24) is 15.0 Å². The fourth-order valence-corrected chi connectivity index (χ4v) is 7.37. The lowest BCUT2D eigenvalue weighted by atomic mass is 9.97. The van der Waals surface area contributed by atoms with E-state index < -0.39 is 0 Å². The summed E-state index contributed by atoms with van der Waals surface area (Å²) in [6, 6.07) is 53.4. The number of hydrogen-bond donors (Lipinski definition) is 0. The molecular weight excluding hydrogens is 567 g/mol. The molecule has 3 nitrogen and oxygen atoms in total. The third-order valence-electron chi connectivity index (χ3n) is 8.53. The first-order chi connectivity index (χ1) is 22.3. The highest BCUT2D eigenvalue weighted by molar-refractivity contribution is 7.25. The molecule has 0 saturated carbocycles. The van der Waals surface area contributed by atoms with Crippen LogP contribution in [-0.2, 0) is 0 Å². The van der Waals surface area contributed by atoms with Gasteiger partial charge in [0.1, 0.15) is 0 Å². The van der Waals surface area contributed by atoms with Crippen molar-refractivity contribution < 1.29 is 0 Å². The van der Waals surface area contributed by atoms with Gasteiger partial charge >= 0.3 is 0 Å². The van der Waals surface area contributed by atoms with Gasteiger partial charge in [-0.15, -0.1) is 11.3 Å². The number of hydrogen-bond acceptors (Lipinski definition) is 4. The molecule has 2 heterocycles. The topological polar surface area (TPSA) is 38.7 Å². The van der Waals surface area contributed by atoms with E-state index >= 15 is 0 Å². The largest absolute Gasteiger partial charge is 0.208 e. The smallest absolute Gasteiger partial charge is 0.164 e. The van der Waals surface area contributed by atoms with Gasteiger partial charge in [-0.2, -0.15) is 0 Å². The Bertz CT molecular complexity index is 2530. The molecule has 210 valence electrons. The van der Waals surface area contributed by atoms with Gasteiger partial charge in [-0.05, 0) is 50.9 Å². The van der Waals surface area contributed by atoms with E-state index in [9.17, 15) is 0 Å². The maximum atomic E-state index is 5.01. The zero-order valence-corrected chi connectivity index (χ0v) is 25.0. The lowest BCUT2D eigenvalue weighted by Gasteiger charge is -2.10. The summed E-state index contributed by atoms with van der Waals surface area (Å²) in [4.78, 5) is 14.9. The van der Waals surface area contributed by atoms with E-state index in [0.29, 0.717) is 17.5 Å². The van der Waals surface area contributed by atoms with Gasteiger partial charge in [0.05, 0.1) is 0 Å². The van der Waals surface area contributed by atoms with Crippen molar-refractivity contribution in [3.8, 4) is 45.3 Å². The van der Waals surface area contributed by atoms with Crippen LogP contribution in [0.25, 0.3) is 87.0 Å². The Morgan fingerprint density at radius 3 is 1.67 bits per heavy atom. The molecule has 0 spiro atoms. The summed E-state index contributed by atoms with van der Waals surface area (Å²) >= 11 is 1.80. The van der Waals surface area contributed by atoms with E-state index in [1.165, 1.54) is 47.3 Å². The predicted molar refractivity (Wildman–Crippen MR) is 189 cm³/mol. The highest BCUT2D eigenvalue weighted by Crippen LogP contribution is 2.36. The van der Waals surface area contributed by atoms with Crippen molar-refractivity contribution in [3.05, 3.63) is 152 Å². The van der Waals surface area contributed by atoms with E-state index in [4.69, 9.17) is 15.0 Å². The third kappa shape index (κ3) is 4.55. The molecule has 4 heteroatoms. The second kappa shape index (κ2) is 10.5. The Morgan fingerprint density at radius 1 is 0.311 bits per heavy atom. The van der Waals surface area contributed by atoms with Crippen LogP contribution in [0.2, 0.25) is 0 Å². The van der Waals surface area contributed by atoms with E-state index in [-0.39, 0.29) is 0 Å². The lowest BCUT2D eigenvalue weighted by molar-refractivity contribution is 1.07. The van der Waals surface area contributed by atoms with Crippen molar-refractivity contribution in [2.24, 2.45) is 0 Å². The number of rotatable bonds is 4. The molecule has 0 unspecified atom stereocenters. The van der Waals surface area contributed by atoms with E-state index in [2.05, 4.69) is 121 Å². The molecular formula is C41H25N3S. The van der Waals surface area contributed by atoms with Crippen LogP contribution in [0.1, 0.15) is 0 Å². The summed E-state index contributed by atoms with van der Waals surface area (Å²) in [6.45, 7) is 0. The first-order valence-electron chi connectivity index (χ1n) is 15.0. The SMILES string of the molecule is c1ccc(-c2nc(-c3ccc(-c4ccc5c(ccc6ccccc65)c4)cc3)nc(-c3ccc4c(c3)sc3ccccc34)n2)cc1. The highest BCUT2D eigenvalue weighted by atomic mass is 32.1. The quantitative estimate of drug-likeness (QED) is 0.191. The maximum Gasteiger partial charge on any atom is 0.164 e. The van der Waals surface area contributed by atoms with Crippen LogP contribution in [0.3, 0.4) is 0 Å². The number of nitrogens with zero attached hydrogens (tertiary/aromatic N) is 3. The molecule has 0 N–H and O–H groups in total. The molecule has 0 atom stereocenters. The van der Waals surface area contributed by atoms with Gasteiger partial charge in [0, 0.05) is 36.9 Å². The third-order valence-corrected chi connectivity index (χ3v) is 9.66. The molecule has 0 amide bonds. The molecule has 9 aromatic rings. The van der Waals surface area contributed by atoms with Crippen LogP contribution in [0.4, 0.5) is 0 Å². The van der Waals surface area contributed by atoms with Crippen LogP contribution in [0.5, 0.6) is 0 Å². The van der Waals surface area contributed by atoms with Crippen LogP contribution >= 0.6 is 11.3 Å². The number of aromatic nitrogens is 3. The Hall–Kier alpha value is -5.71. The normalized spacial score (nSPS) is 11.6. The molecule has 0 fully saturated rings. The standard InChI is InChI=1S/C41H25N3S/c1-2-9-28(10-3-1)39-42-40(44-41(43-39)32-21-23-36-35-12-6-7-13-37(35)45-38(36)25-32)29-17-14-26(15-18-29)30-20-22-34-31(24-30)19-16-27-8-4-5-11-33(27)34/h1-25H. The Morgan fingerprint density at radius 2 is 0.844 bits per heavy atom. The van der Waals surface area contributed by atoms with E-state index in [1.54, 1.807) is 11.3 Å². The molecule has 0 aliphatic carbocycles. The minimum Gasteiger partial charge on any atom is -0.208 e. The Balaban J connectivity index is 1.12. The molecule has 7 aromatic carbocycles. The van der Waals surface area contributed by atoms with Crippen LogP contribution in [-0.4, -0.2) is 15.0 Å². The second-order valence-corrected chi connectivity index (χ2v) is 12.4. The molecule has 0 bridgehead atoms. The number of fused-ring (bicyclic) bond motifs is 6. The van der Waals surface area contributed by atoms with E-state index in [1.807, 2.05) is 30.3 Å². The van der Waals surface area contributed by atoms with Gasteiger partial charge in [0.25, 0.3) is 0 Å². The predicted octanol–water partition coefficient (Wildman–Crippen LogP) is 11.2. The molecule has 0 aliphatic rings. The first-order valence-corrected chi connectivity index (χ1v) is 15.8. The van der Waals surface area contributed by atoms with Crippen molar-refractivity contribution >= 4 is 53.1 Å². The first kappa shape index (κ1) is 25.8. The fourth-order valence-electron chi connectivity index (χ4n) is 6.22. The van der Waals surface area contributed by atoms with Crippen molar-refractivity contribution in [3.63, 3.8) is 0 Å². The molecule has 0 saturated heterocycles. The monoisotopic (exact) mass is 591 g/mol. The average Bonchev–Trinajstić information content (AvgIpc) is 3.49. The lowest BCUT2D eigenvalue weighted by Crippen LogP contribution is -2.00. The number of thiophene rings is 1. The molecule has 0 radical (unpaired) electrons. The molecule has 2 aromatic heterocycles. The summed E-state index contributed by atoms with van der Waals surface area (Å²) in [6.07, 6.45) is 0. The minimum atomic E-state index is 0.659. The highest BCUT2D eigenvalue weighted by Gasteiger charge is 2.14. The average molecular weight is 592 g/mol. The molecule has 9 rings (SSSR count). The van der Waals surface area contributed by atoms with Crippen molar-refractivity contribution in [1.29, 1.82) is 0 Å². The van der Waals surface area contributed by atoms with Gasteiger partial charge < -0.3 is 0 Å². The van der Waals surface area contributed by atoms with Crippen molar-refractivity contribution in [2.75, 3.05) is 0 Å². The Kier molecular flexibility index (Phi) is 6.00. The van der Waals surface area contributed by atoms with Crippen LogP contribution < -0.4 is 0 Å². The summed E-state index contributed by atoms with van der Waals surface area (Å²) in [5.41, 5.74) is 5.24. The molecule has 0 aliphatic heterocycles. The van der Waals surface area contributed by atoms with E-state index in [0.717, 1.165) is 22.3 Å². The van der Waals surface area contributed by atoms with Crippen LogP contribution in [0.15, 0.2) is 152 Å². The fraction of sp³-hybridized carbons (Fsp3) is 0. The van der Waals surface area contributed by atoms with Gasteiger partial charge in [-0.3, -0.25) is 0 Å². The van der Waals surface area contributed by atoms with Gasteiger partial charge in [-0.25, -0.2) is 15.0 Å². The zero-order chi connectivity index (χ0) is 29.7. The number of benzene rings is 7. The molecule has 45 heavy (non-hydrogen) atoms. The summed E-state index contributed by atoms with van der Waals surface area (Å²) in [5.74, 6) is 1.99. The van der Waals surface area contributed by atoms with Gasteiger partial charge in [0.15, 0.2) is 17.5 Å². The van der Waals surface area contributed by atoms with Gasteiger partial charge in [-0.1, -0.05) is 133 Å².